The van der Waals surface area contributed by atoms with Crippen LogP contribution in [0, 0.1) is 27.7 Å². The Hall–Kier alpha value is -3.52. The van der Waals surface area contributed by atoms with E-state index in [1.807, 2.05) is 12.1 Å². The van der Waals surface area contributed by atoms with Gasteiger partial charge in [-0.1, -0.05) is 71.7 Å². The largest absolute Gasteiger partial charge is 0.309 e. The summed E-state index contributed by atoms with van der Waals surface area (Å²) < 4.78 is 2.27. The van der Waals surface area contributed by atoms with Gasteiger partial charge in [-0.2, -0.15) is 0 Å². The Labute approximate surface area is 227 Å². The molecule has 0 spiro atoms. The predicted octanol–water partition coefficient (Wildman–Crippen LogP) is 10.7. The number of aryl methyl sites for hydroxylation is 4. The fourth-order valence-electron chi connectivity index (χ4n) is 5.82. The van der Waals surface area contributed by atoms with E-state index in [1.165, 1.54) is 55.3 Å². The number of benzene rings is 5. The number of hydrogen-bond donors (Lipinski definition) is 0. The number of aromatic nitrogens is 1. The summed E-state index contributed by atoms with van der Waals surface area (Å²) in [6.45, 7) is 8.73. The van der Waals surface area contributed by atoms with Gasteiger partial charge in [0.1, 0.15) is 0 Å². The number of rotatable bonds is 3. The van der Waals surface area contributed by atoms with Crippen molar-refractivity contribution in [2.24, 2.45) is 0 Å². The second-order valence-corrected chi connectivity index (χ2v) is 10.8. The highest BCUT2D eigenvalue weighted by atomic mass is 35.5. The van der Waals surface area contributed by atoms with Crippen molar-refractivity contribution in [2.75, 3.05) is 0 Å². The quantitative estimate of drug-likeness (QED) is 0.219. The lowest BCUT2D eigenvalue weighted by molar-refractivity contribution is 1.18. The van der Waals surface area contributed by atoms with Crippen molar-refractivity contribution >= 4 is 45.0 Å². The fraction of sp³-hybridized carbons (Fsp3) is 0.118. The van der Waals surface area contributed by atoms with Crippen molar-refractivity contribution in [3.63, 3.8) is 0 Å². The summed E-state index contributed by atoms with van der Waals surface area (Å²) >= 11 is 12.9. The van der Waals surface area contributed by atoms with Crippen LogP contribution in [-0.2, 0) is 0 Å². The van der Waals surface area contributed by atoms with Gasteiger partial charge in [0, 0.05) is 26.5 Å². The van der Waals surface area contributed by atoms with E-state index in [0.717, 1.165) is 16.7 Å². The van der Waals surface area contributed by atoms with E-state index in [9.17, 15) is 0 Å². The number of halogens is 2. The molecule has 0 unspecified atom stereocenters. The third-order valence-corrected chi connectivity index (χ3v) is 7.85. The first-order valence-electron chi connectivity index (χ1n) is 12.5. The predicted molar refractivity (Wildman–Crippen MR) is 161 cm³/mol. The highest BCUT2D eigenvalue weighted by Gasteiger charge is 2.17. The average molecular weight is 521 g/mol. The molecule has 0 amide bonds. The highest BCUT2D eigenvalue weighted by Crippen LogP contribution is 2.39. The van der Waals surface area contributed by atoms with Crippen molar-refractivity contribution < 1.29 is 0 Å². The van der Waals surface area contributed by atoms with Crippen LogP contribution >= 0.6 is 23.2 Å². The summed E-state index contributed by atoms with van der Waals surface area (Å²) in [5.74, 6) is 0. The number of hydrogen-bond acceptors (Lipinski definition) is 0. The summed E-state index contributed by atoms with van der Waals surface area (Å²) in [5, 5.41) is 3.66. The van der Waals surface area contributed by atoms with Gasteiger partial charge >= 0.3 is 0 Å². The second-order valence-electron chi connectivity index (χ2n) is 9.96. The Morgan fingerprint density at radius 2 is 0.892 bits per heavy atom. The molecule has 1 aromatic heterocycles. The molecule has 0 N–H and O–H groups in total. The second kappa shape index (κ2) is 9.10. The molecule has 1 heterocycles. The van der Waals surface area contributed by atoms with E-state index in [-0.39, 0.29) is 0 Å². The highest BCUT2D eigenvalue weighted by molar-refractivity contribution is 6.35. The van der Waals surface area contributed by atoms with Crippen molar-refractivity contribution in [3.05, 3.63) is 123 Å². The van der Waals surface area contributed by atoms with E-state index in [0.29, 0.717) is 10.0 Å². The van der Waals surface area contributed by atoms with E-state index in [4.69, 9.17) is 23.2 Å². The van der Waals surface area contributed by atoms with Gasteiger partial charge in [-0.05, 0) is 115 Å². The molecule has 0 aliphatic rings. The van der Waals surface area contributed by atoms with Gasteiger partial charge < -0.3 is 4.57 Å². The van der Waals surface area contributed by atoms with Gasteiger partial charge in [-0.3, -0.25) is 0 Å². The standard InChI is InChI=1S/C34H27Cl2N/c1-20-7-5-8-21(2)33(20)24-11-13-31-29(15-24)30-16-25(34-22(3)9-6-10-23(34)4)12-14-32(30)37(31)28-18-26(35)17-27(36)19-28/h5-19H,1-4H3. The molecule has 6 aromatic rings. The third kappa shape index (κ3) is 4.03. The Balaban J connectivity index is 1.71. The minimum absolute atomic E-state index is 0.622. The molecule has 0 saturated heterocycles. The average Bonchev–Trinajstić information content (AvgIpc) is 3.16. The van der Waals surface area contributed by atoms with Crippen molar-refractivity contribution in [1.29, 1.82) is 0 Å². The molecule has 0 aliphatic carbocycles. The van der Waals surface area contributed by atoms with Gasteiger partial charge in [-0.15, -0.1) is 0 Å². The van der Waals surface area contributed by atoms with Crippen LogP contribution in [0.5, 0.6) is 0 Å². The van der Waals surface area contributed by atoms with Gasteiger partial charge in [0.2, 0.25) is 0 Å². The summed E-state index contributed by atoms with van der Waals surface area (Å²) in [5.41, 5.74) is 13.4. The topological polar surface area (TPSA) is 4.93 Å². The summed E-state index contributed by atoms with van der Waals surface area (Å²) in [7, 11) is 0. The molecule has 0 bridgehead atoms. The van der Waals surface area contributed by atoms with Gasteiger partial charge in [0.25, 0.3) is 0 Å². The molecule has 0 atom stereocenters. The summed E-state index contributed by atoms with van der Waals surface area (Å²) in [6.07, 6.45) is 0. The van der Waals surface area contributed by atoms with Gasteiger partial charge in [0.05, 0.1) is 11.0 Å². The molecule has 0 radical (unpaired) electrons. The first kappa shape index (κ1) is 23.9. The minimum Gasteiger partial charge on any atom is -0.309 e. The van der Waals surface area contributed by atoms with Crippen molar-refractivity contribution in [2.45, 2.75) is 27.7 Å². The van der Waals surface area contributed by atoms with E-state index >= 15 is 0 Å². The molecule has 1 nitrogen and oxygen atoms in total. The molecular weight excluding hydrogens is 493 g/mol. The zero-order valence-electron chi connectivity index (χ0n) is 21.4. The van der Waals surface area contributed by atoms with Crippen molar-refractivity contribution in [1.82, 2.24) is 4.57 Å². The van der Waals surface area contributed by atoms with Crippen LogP contribution in [0.2, 0.25) is 10.0 Å². The lowest BCUT2D eigenvalue weighted by Crippen LogP contribution is -1.94. The van der Waals surface area contributed by atoms with Crippen molar-refractivity contribution in [3.8, 4) is 27.9 Å². The maximum Gasteiger partial charge on any atom is 0.0541 e. The molecule has 0 saturated carbocycles. The molecule has 37 heavy (non-hydrogen) atoms. The van der Waals surface area contributed by atoms with Crippen LogP contribution in [0.15, 0.2) is 91.0 Å². The first-order chi connectivity index (χ1) is 17.8. The lowest BCUT2D eigenvalue weighted by atomic mass is 9.93. The van der Waals surface area contributed by atoms with Crippen LogP contribution in [0.4, 0.5) is 0 Å². The molecule has 0 fully saturated rings. The van der Waals surface area contributed by atoms with Crippen LogP contribution in [0.25, 0.3) is 49.7 Å². The SMILES string of the molecule is Cc1cccc(C)c1-c1ccc2c(c1)c1cc(-c3c(C)cccc3C)ccc1n2-c1cc(Cl)cc(Cl)c1. The molecule has 5 aromatic carbocycles. The monoisotopic (exact) mass is 519 g/mol. The van der Waals surface area contributed by atoms with E-state index in [1.54, 1.807) is 6.07 Å². The third-order valence-electron chi connectivity index (χ3n) is 7.41. The summed E-state index contributed by atoms with van der Waals surface area (Å²) in [4.78, 5) is 0. The fourth-order valence-corrected chi connectivity index (χ4v) is 6.33. The maximum atomic E-state index is 6.45. The maximum absolute atomic E-state index is 6.45. The lowest BCUT2D eigenvalue weighted by Gasteiger charge is -2.12. The Morgan fingerprint density at radius 3 is 1.30 bits per heavy atom. The Morgan fingerprint density at radius 1 is 0.486 bits per heavy atom. The van der Waals surface area contributed by atoms with E-state index < -0.39 is 0 Å². The van der Waals surface area contributed by atoms with Crippen LogP contribution in [-0.4, -0.2) is 4.57 Å². The number of fused-ring (bicyclic) bond motifs is 3. The first-order valence-corrected chi connectivity index (χ1v) is 13.3. The normalized spacial score (nSPS) is 11.5. The Kier molecular flexibility index (Phi) is 5.87. The molecule has 3 heteroatoms. The van der Waals surface area contributed by atoms with Gasteiger partial charge in [0.15, 0.2) is 0 Å². The number of nitrogens with zero attached hydrogens (tertiary/aromatic N) is 1. The zero-order valence-corrected chi connectivity index (χ0v) is 22.9. The van der Waals surface area contributed by atoms with Crippen LogP contribution in [0.1, 0.15) is 22.3 Å². The van der Waals surface area contributed by atoms with Crippen LogP contribution < -0.4 is 0 Å². The molecule has 0 aliphatic heterocycles. The van der Waals surface area contributed by atoms with Crippen LogP contribution in [0.3, 0.4) is 0 Å². The zero-order chi connectivity index (χ0) is 25.8. The molecule has 6 rings (SSSR count). The van der Waals surface area contributed by atoms with E-state index in [2.05, 4.69) is 105 Å². The van der Waals surface area contributed by atoms with Gasteiger partial charge in [-0.25, -0.2) is 0 Å². The molecular formula is C34H27Cl2N. The smallest absolute Gasteiger partial charge is 0.0541 e. The molecule has 182 valence electrons. The minimum atomic E-state index is 0.622. The Bertz CT molecular complexity index is 1670. The summed E-state index contributed by atoms with van der Waals surface area (Å²) in [6, 6.07) is 32.3.